The number of fused-ring (bicyclic) bond motifs is 1. The predicted octanol–water partition coefficient (Wildman–Crippen LogP) is 1.90. The van der Waals surface area contributed by atoms with Crippen molar-refractivity contribution in [1.29, 1.82) is 0 Å². The van der Waals surface area contributed by atoms with Gasteiger partial charge in [-0.15, -0.1) is 0 Å². The molecule has 25 heavy (non-hydrogen) atoms. The second kappa shape index (κ2) is 12.1. The van der Waals surface area contributed by atoms with Gasteiger partial charge in [-0.2, -0.15) is 0 Å². The van der Waals surface area contributed by atoms with E-state index in [2.05, 4.69) is 0 Å². The van der Waals surface area contributed by atoms with Crippen molar-refractivity contribution < 1.29 is 33.2 Å². The highest BCUT2D eigenvalue weighted by Gasteiger charge is 2.10. The molecule has 1 aliphatic rings. The zero-order valence-electron chi connectivity index (χ0n) is 14.0. The molecule has 0 radical (unpaired) electrons. The largest absolute Gasteiger partial charge is 0.487 e. The normalized spacial score (nSPS) is 18.8. The topological polar surface area (TPSA) is 72.5 Å². The van der Waals surface area contributed by atoms with Crippen LogP contribution in [0.5, 0.6) is 11.5 Å². The summed E-state index contributed by atoms with van der Waals surface area (Å²) < 4.78 is 32.9. The summed E-state index contributed by atoms with van der Waals surface area (Å²) in [6.45, 7) is 4.46. The molecular weight excluding hydrogens is 352 g/mol. The van der Waals surface area contributed by atoms with Gasteiger partial charge in [0.25, 0.3) is 5.24 Å². The van der Waals surface area contributed by atoms with Gasteiger partial charge in [-0.05, 0) is 29.8 Å². The third-order valence-corrected chi connectivity index (χ3v) is 3.48. The van der Waals surface area contributed by atoms with E-state index in [0.29, 0.717) is 83.1 Å². The van der Waals surface area contributed by atoms with Gasteiger partial charge in [0.1, 0.15) is 13.2 Å². The van der Waals surface area contributed by atoms with E-state index < -0.39 is 5.24 Å². The first-order valence-corrected chi connectivity index (χ1v) is 8.55. The standard InChI is InChI=1S/C17H23ClO7/c18-17(19)14-1-2-15-16(13-14)25-12-10-23-8-6-21-4-3-20-5-7-22-9-11-24-15/h1-2,13H,3-12H2. The molecule has 1 aliphatic heterocycles. The molecule has 0 aromatic heterocycles. The van der Waals surface area contributed by atoms with Crippen LogP contribution in [0.2, 0.25) is 0 Å². The van der Waals surface area contributed by atoms with Crippen molar-refractivity contribution >= 4 is 16.8 Å². The molecule has 0 saturated heterocycles. The van der Waals surface area contributed by atoms with Gasteiger partial charge in [-0.1, -0.05) is 0 Å². The summed E-state index contributed by atoms with van der Waals surface area (Å²) >= 11 is 5.52. The minimum absolute atomic E-state index is 0.315. The summed E-state index contributed by atoms with van der Waals surface area (Å²) in [5.41, 5.74) is 0.342. The first-order valence-electron chi connectivity index (χ1n) is 8.18. The molecular formula is C17H23ClO7. The van der Waals surface area contributed by atoms with Crippen molar-refractivity contribution in [2.24, 2.45) is 0 Å². The molecule has 0 unspecified atom stereocenters. The number of hydrogen-bond acceptors (Lipinski definition) is 7. The molecule has 8 heteroatoms. The number of carbonyl (C=O) groups excluding carboxylic acids is 1. The van der Waals surface area contributed by atoms with Crippen LogP contribution in [0.3, 0.4) is 0 Å². The van der Waals surface area contributed by atoms with Gasteiger partial charge in [0.05, 0.1) is 52.9 Å². The molecule has 0 N–H and O–H groups in total. The minimum atomic E-state index is -0.553. The van der Waals surface area contributed by atoms with Gasteiger partial charge in [-0.25, -0.2) is 0 Å². The first kappa shape index (κ1) is 19.9. The zero-order valence-corrected chi connectivity index (χ0v) is 14.8. The van der Waals surface area contributed by atoms with Crippen molar-refractivity contribution in [3.63, 3.8) is 0 Å². The monoisotopic (exact) mass is 374 g/mol. The predicted molar refractivity (Wildman–Crippen MR) is 90.9 cm³/mol. The molecule has 2 rings (SSSR count). The Morgan fingerprint density at radius 3 is 1.60 bits per heavy atom. The Kier molecular flexibility index (Phi) is 9.61. The van der Waals surface area contributed by atoms with Crippen molar-refractivity contribution in [2.45, 2.75) is 0 Å². The Morgan fingerprint density at radius 2 is 1.12 bits per heavy atom. The number of hydrogen-bond donors (Lipinski definition) is 0. The summed E-state index contributed by atoms with van der Waals surface area (Å²) in [5.74, 6) is 0.960. The SMILES string of the molecule is O=C(Cl)c1ccc2c(c1)OCCOCCOCCOCCOCCO2. The highest BCUT2D eigenvalue weighted by atomic mass is 35.5. The Balaban J connectivity index is 1.93. The zero-order chi connectivity index (χ0) is 17.7. The van der Waals surface area contributed by atoms with Gasteiger partial charge in [0.2, 0.25) is 0 Å². The Bertz CT molecular complexity index is 524. The quantitative estimate of drug-likeness (QED) is 0.695. The highest BCUT2D eigenvalue weighted by Crippen LogP contribution is 2.29. The van der Waals surface area contributed by atoms with Crippen LogP contribution < -0.4 is 9.47 Å². The lowest BCUT2D eigenvalue weighted by atomic mass is 10.2. The van der Waals surface area contributed by atoms with E-state index in [9.17, 15) is 4.79 Å². The van der Waals surface area contributed by atoms with E-state index in [4.69, 9.17) is 40.0 Å². The van der Waals surface area contributed by atoms with Crippen LogP contribution in [0, 0.1) is 0 Å². The maximum Gasteiger partial charge on any atom is 0.252 e. The lowest BCUT2D eigenvalue weighted by molar-refractivity contribution is -0.00841. The maximum absolute atomic E-state index is 11.3. The van der Waals surface area contributed by atoms with E-state index in [1.54, 1.807) is 18.2 Å². The fourth-order valence-corrected chi connectivity index (χ4v) is 2.16. The maximum atomic E-state index is 11.3. The molecule has 0 saturated carbocycles. The van der Waals surface area contributed by atoms with Crippen LogP contribution in [0.25, 0.3) is 0 Å². The third kappa shape index (κ3) is 8.02. The average Bonchev–Trinajstić information content (AvgIpc) is 2.61. The van der Waals surface area contributed by atoms with Crippen LogP contribution in [0.15, 0.2) is 18.2 Å². The van der Waals surface area contributed by atoms with E-state index in [0.717, 1.165) is 0 Å². The fourth-order valence-electron chi connectivity index (χ4n) is 2.05. The molecule has 0 atom stereocenters. The highest BCUT2D eigenvalue weighted by molar-refractivity contribution is 6.67. The first-order chi connectivity index (χ1) is 12.3. The van der Waals surface area contributed by atoms with Crippen molar-refractivity contribution in [3.8, 4) is 11.5 Å². The Morgan fingerprint density at radius 1 is 0.680 bits per heavy atom. The van der Waals surface area contributed by atoms with Crippen molar-refractivity contribution in [1.82, 2.24) is 0 Å². The van der Waals surface area contributed by atoms with Crippen molar-refractivity contribution in [2.75, 3.05) is 66.1 Å². The van der Waals surface area contributed by atoms with Gasteiger partial charge in [0, 0.05) is 5.56 Å². The van der Waals surface area contributed by atoms with Crippen molar-refractivity contribution in [3.05, 3.63) is 23.8 Å². The van der Waals surface area contributed by atoms with Crippen LogP contribution in [0.4, 0.5) is 0 Å². The van der Waals surface area contributed by atoms with E-state index in [1.807, 2.05) is 0 Å². The lowest BCUT2D eigenvalue weighted by Gasteiger charge is -2.14. The molecule has 0 spiro atoms. The third-order valence-electron chi connectivity index (χ3n) is 3.26. The van der Waals surface area contributed by atoms with E-state index in [1.165, 1.54) is 0 Å². The van der Waals surface area contributed by atoms with Crippen LogP contribution in [-0.2, 0) is 18.9 Å². The molecule has 0 aliphatic carbocycles. The fraction of sp³-hybridized carbons (Fsp3) is 0.588. The van der Waals surface area contributed by atoms with Gasteiger partial charge < -0.3 is 28.4 Å². The summed E-state index contributed by atoms with van der Waals surface area (Å²) in [6, 6.07) is 4.80. The van der Waals surface area contributed by atoms with Gasteiger partial charge in [0.15, 0.2) is 11.5 Å². The van der Waals surface area contributed by atoms with Crippen LogP contribution >= 0.6 is 11.6 Å². The van der Waals surface area contributed by atoms with Crippen LogP contribution in [-0.4, -0.2) is 71.3 Å². The number of rotatable bonds is 1. The summed E-state index contributed by atoms with van der Waals surface area (Å²) in [4.78, 5) is 11.3. The molecule has 1 aromatic rings. The summed E-state index contributed by atoms with van der Waals surface area (Å²) in [5, 5.41) is -0.553. The summed E-state index contributed by atoms with van der Waals surface area (Å²) in [7, 11) is 0. The van der Waals surface area contributed by atoms with Gasteiger partial charge in [-0.3, -0.25) is 4.79 Å². The van der Waals surface area contributed by atoms with E-state index >= 15 is 0 Å². The number of carbonyl (C=O) groups is 1. The molecule has 0 fully saturated rings. The van der Waals surface area contributed by atoms with Gasteiger partial charge >= 0.3 is 0 Å². The number of benzene rings is 1. The molecule has 1 aromatic carbocycles. The Hall–Kier alpha value is -1.38. The average molecular weight is 375 g/mol. The second-order valence-electron chi connectivity index (χ2n) is 5.08. The second-order valence-corrected chi connectivity index (χ2v) is 5.42. The molecule has 0 amide bonds. The van der Waals surface area contributed by atoms with E-state index in [-0.39, 0.29) is 0 Å². The molecule has 0 bridgehead atoms. The molecule has 140 valence electrons. The lowest BCUT2D eigenvalue weighted by Crippen LogP contribution is -2.16. The molecule has 7 nitrogen and oxygen atoms in total. The smallest absolute Gasteiger partial charge is 0.252 e. The van der Waals surface area contributed by atoms with Crippen LogP contribution in [0.1, 0.15) is 10.4 Å². The molecule has 1 heterocycles. The minimum Gasteiger partial charge on any atom is -0.487 e. The summed E-state index contributed by atoms with van der Waals surface area (Å²) in [6.07, 6.45) is 0. The number of ether oxygens (including phenoxy) is 6. The number of halogens is 1. The Labute approximate surface area is 152 Å².